The lowest BCUT2D eigenvalue weighted by molar-refractivity contribution is -0.138. The van der Waals surface area contributed by atoms with E-state index in [-0.39, 0.29) is 29.5 Å². The third kappa shape index (κ3) is 5.68. The van der Waals surface area contributed by atoms with E-state index in [0.29, 0.717) is 35.5 Å². The molecule has 2 nitrogen and oxygen atoms in total. The van der Waals surface area contributed by atoms with Gasteiger partial charge in [-0.25, -0.2) is 0 Å². The number of hydrogen-bond donors (Lipinski definition) is 0. The molecule has 10 aliphatic rings. The van der Waals surface area contributed by atoms with Crippen LogP contribution in [0.2, 0.25) is 0 Å². The zero-order valence-corrected chi connectivity index (χ0v) is 34.9. The maximum Gasteiger partial charge on any atom is 0.0837 e. The number of nitriles is 1. The van der Waals surface area contributed by atoms with Gasteiger partial charge in [-0.3, -0.25) is 0 Å². The van der Waals surface area contributed by atoms with Crippen LogP contribution in [0.3, 0.4) is 0 Å². The lowest BCUT2D eigenvalue weighted by Crippen LogP contribution is -2.59. The van der Waals surface area contributed by atoms with Crippen molar-refractivity contribution in [3.8, 4) is 6.07 Å². The first kappa shape index (κ1) is 36.8. The van der Waals surface area contributed by atoms with E-state index in [1.807, 2.05) is 0 Å². The van der Waals surface area contributed by atoms with Gasteiger partial charge in [0.1, 0.15) is 0 Å². The number of rotatable bonds is 4. The van der Waals surface area contributed by atoms with E-state index in [4.69, 9.17) is 4.74 Å². The molecule has 1 heterocycles. The van der Waals surface area contributed by atoms with Crippen molar-refractivity contribution in [1.82, 2.24) is 0 Å². The quantitative estimate of drug-likeness (QED) is 0.289. The molecular formula is C58H57NO. The average Bonchev–Trinajstić information content (AvgIpc) is 3.61. The van der Waals surface area contributed by atoms with Crippen LogP contribution in [0.25, 0.3) is 16.7 Å². The fraction of sp³-hybridized carbons (Fsp3) is 0.397. The van der Waals surface area contributed by atoms with Crippen LogP contribution >= 0.6 is 0 Å². The Balaban J connectivity index is 1.02. The van der Waals surface area contributed by atoms with Gasteiger partial charge in [-0.15, -0.1) is 0 Å². The van der Waals surface area contributed by atoms with Crippen molar-refractivity contribution >= 4 is 16.7 Å². The first-order valence-corrected chi connectivity index (χ1v) is 23.6. The van der Waals surface area contributed by atoms with E-state index in [9.17, 15) is 5.26 Å². The third-order valence-corrected chi connectivity index (χ3v) is 16.7. The molecule has 300 valence electrons. The molecule has 0 amide bonds. The molecule has 11 atom stereocenters. The summed E-state index contributed by atoms with van der Waals surface area (Å²) in [6, 6.07) is 19.8. The topological polar surface area (TPSA) is 33.0 Å². The zero-order chi connectivity index (χ0) is 39.8. The highest BCUT2D eigenvalue weighted by atomic mass is 16.5. The number of ether oxygens (including phenoxy) is 1. The van der Waals surface area contributed by atoms with Gasteiger partial charge >= 0.3 is 0 Å². The molecule has 1 saturated heterocycles. The van der Waals surface area contributed by atoms with E-state index in [2.05, 4.69) is 146 Å². The molecule has 0 aromatic heterocycles. The molecule has 12 rings (SSSR count). The molecule has 0 bridgehead atoms. The van der Waals surface area contributed by atoms with Crippen LogP contribution in [0.15, 0.2) is 156 Å². The lowest BCUT2D eigenvalue weighted by atomic mass is 9.50. The Hall–Kier alpha value is -4.97. The minimum absolute atomic E-state index is 0.0369. The highest BCUT2D eigenvalue weighted by Crippen LogP contribution is 2.66. The standard InChI is InChI=1S/C58H57NO/c59-36-37-27-29-54-52(31-37)58(50-25-13-11-19-44(50)45-20-12-14-26-51(45)58)53-35-40(28-30-55(53)60-54)56-46-21-7-9-23-48(46)57(49-24-10-8-22-47(49)56)43-33-41(38-15-3-1-4-16-38)32-42(34-43)39-17-5-2-6-18-39/h1,3-5,9-13,15,17-20,23-25,28,30,32-35,37-38,46-48,52-56H,2,6-8,14,16,21-22,26-27,29,31H2. The Labute approximate surface area is 357 Å². The number of benzene rings is 2. The number of nitrogens with zero attached hydrogens (tertiary/aromatic N) is 1. The van der Waals surface area contributed by atoms with E-state index in [0.717, 1.165) is 64.2 Å². The summed E-state index contributed by atoms with van der Waals surface area (Å²) >= 11 is 0. The Bertz CT molecular complexity index is 2510. The zero-order valence-electron chi connectivity index (χ0n) is 34.9. The van der Waals surface area contributed by atoms with Gasteiger partial charge in [0.05, 0.1) is 18.3 Å². The molecule has 1 aliphatic heterocycles. The molecule has 60 heavy (non-hydrogen) atoms. The molecule has 2 heteroatoms. The Morgan fingerprint density at radius 1 is 0.767 bits per heavy atom. The van der Waals surface area contributed by atoms with Gasteiger partial charge in [0.25, 0.3) is 0 Å². The summed E-state index contributed by atoms with van der Waals surface area (Å²) in [5, 5.41) is 10.4. The Morgan fingerprint density at radius 3 is 2.57 bits per heavy atom. The van der Waals surface area contributed by atoms with Crippen LogP contribution in [-0.2, 0) is 10.2 Å². The summed E-state index contributed by atoms with van der Waals surface area (Å²) in [5.74, 6) is 2.80. The molecule has 2 aromatic rings. The molecule has 0 N–H and O–H groups in total. The van der Waals surface area contributed by atoms with Crippen molar-refractivity contribution in [2.75, 3.05) is 0 Å². The van der Waals surface area contributed by atoms with Crippen LogP contribution in [-0.4, -0.2) is 12.2 Å². The summed E-state index contributed by atoms with van der Waals surface area (Å²) < 4.78 is 7.28. The normalized spacial score (nSPS) is 36.8. The summed E-state index contributed by atoms with van der Waals surface area (Å²) in [6.45, 7) is 0. The molecule has 1 saturated carbocycles. The maximum absolute atomic E-state index is 10.4. The molecule has 1 spiro atoms. The smallest absolute Gasteiger partial charge is 0.0837 e. The summed E-state index contributed by atoms with van der Waals surface area (Å²) in [7, 11) is 0. The lowest BCUT2D eigenvalue weighted by Gasteiger charge is -2.58. The highest BCUT2D eigenvalue weighted by Gasteiger charge is 2.62. The largest absolute Gasteiger partial charge is 0.370 e. The molecule has 9 aliphatic carbocycles. The van der Waals surface area contributed by atoms with E-state index < -0.39 is 0 Å². The summed E-state index contributed by atoms with van der Waals surface area (Å²) in [5.41, 5.74) is 16.2. The molecule has 2 aromatic carbocycles. The molecule has 0 radical (unpaired) electrons. The van der Waals surface area contributed by atoms with Crippen molar-refractivity contribution in [3.63, 3.8) is 0 Å². The van der Waals surface area contributed by atoms with Crippen molar-refractivity contribution in [3.05, 3.63) is 184 Å². The molecule has 11 unspecified atom stereocenters. The van der Waals surface area contributed by atoms with E-state index in [1.54, 1.807) is 22.3 Å². The Kier molecular flexibility index (Phi) is 9.14. The van der Waals surface area contributed by atoms with E-state index in [1.165, 1.54) is 51.8 Å². The fourth-order valence-electron chi connectivity index (χ4n) is 14.3. The second-order valence-electron chi connectivity index (χ2n) is 19.5. The summed E-state index contributed by atoms with van der Waals surface area (Å²) in [4.78, 5) is 0. The van der Waals surface area contributed by atoms with E-state index >= 15 is 0 Å². The Morgan fingerprint density at radius 2 is 1.67 bits per heavy atom. The predicted molar refractivity (Wildman–Crippen MR) is 245 cm³/mol. The van der Waals surface area contributed by atoms with Crippen LogP contribution < -0.4 is 0 Å². The predicted octanol–water partition coefficient (Wildman–Crippen LogP) is 13.8. The van der Waals surface area contributed by atoms with Crippen molar-refractivity contribution < 1.29 is 4.74 Å². The van der Waals surface area contributed by atoms with Crippen molar-refractivity contribution in [2.45, 2.75) is 101 Å². The first-order chi connectivity index (χ1) is 29.7. The van der Waals surface area contributed by atoms with Gasteiger partial charge in [0.2, 0.25) is 0 Å². The van der Waals surface area contributed by atoms with Gasteiger partial charge in [-0.05, 0) is 157 Å². The van der Waals surface area contributed by atoms with Gasteiger partial charge in [-0.2, -0.15) is 5.26 Å². The van der Waals surface area contributed by atoms with Crippen LogP contribution in [0, 0.1) is 52.8 Å². The maximum atomic E-state index is 10.4. The molecular weight excluding hydrogens is 727 g/mol. The number of hydrogen-bond acceptors (Lipinski definition) is 2. The van der Waals surface area contributed by atoms with Crippen LogP contribution in [0.4, 0.5) is 0 Å². The SMILES string of the molecule is N#CC1CCC2OC3C=CC(C4C5CCC=CC5=C(c5cc(C6=CCCC=C6)cc(C6C=CC=CC6)c5)C5C=CCCC54)=CC3C3(C4=C(C=CCC4)c4ccccc43)C2C1. The van der Waals surface area contributed by atoms with Crippen LogP contribution in [0.1, 0.15) is 111 Å². The summed E-state index contributed by atoms with van der Waals surface area (Å²) in [6.07, 6.45) is 52.4. The van der Waals surface area contributed by atoms with Gasteiger partial charge < -0.3 is 4.74 Å². The van der Waals surface area contributed by atoms with Gasteiger partial charge in [-0.1, -0.05) is 139 Å². The number of fused-ring (bicyclic) bond motifs is 10. The minimum atomic E-state index is -0.158. The van der Waals surface area contributed by atoms with Crippen molar-refractivity contribution in [1.29, 1.82) is 5.26 Å². The first-order valence-electron chi connectivity index (χ1n) is 23.6. The van der Waals surface area contributed by atoms with Crippen LogP contribution in [0.5, 0.6) is 0 Å². The minimum Gasteiger partial charge on any atom is -0.370 e. The van der Waals surface area contributed by atoms with Crippen molar-refractivity contribution in [2.24, 2.45) is 41.4 Å². The monoisotopic (exact) mass is 783 g/mol. The number of allylic oxidation sites excluding steroid dienone is 20. The molecule has 2 fully saturated rings. The fourth-order valence-corrected chi connectivity index (χ4v) is 14.3. The third-order valence-electron chi connectivity index (χ3n) is 16.7. The average molecular weight is 784 g/mol. The second kappa shape index (κ2) is 14.9. The highest BCUT2D eigenvalue weighted by molar-refractivity contribution is 5.88. The van der Waals surface area contributed by atoms with Gasteiger partial charge in [0, 0.05) is 35.0 Å². The van der Waals surface area contributed by atoms with Gasteiger partial charge in [0.15, 0.2) is 0 Å². The second-order valence-corrected chi connectivity index (χ2v) is 19.5.